The van der Waals surface area contributed by atoms with E-state index < -0.39 is 11.8 Å². The first-order valence-corrected chi connectivity index (χ1v) is 8.84. The van der Waals surface area contributed by atoms with Crippen molar-refractivity contribution in [2.75, 3.05) is 12.0 Å². The van der Waals surface area contributed by atoms with E-state index in [-0.39, 0.29) is 35.7 Å². The molecule has 0 aromatic heterocycles. The Hall–Kier alpha value is -1.59. The third-order valence-corrected chi connectivity index (χ3v) is 6.87. The van der Waals surface area contributed by atoms with Gasteiger partial charge in [-0.15, -0.1) is 0 Å². The van der Waals surface area contributed by atoms with E-state index in [1.807, 2.05) is 29.2 Å². The topological polar surface area (TPSA) is 59.0 Å². The van der Waals surface area contributed by atoms with Crippen LogP contribution in [0.15, 0.2) is 24.3 Å². The highest BCUT2D eigenvalue weighted by atomic mass is 16.6. The van der Waals surface area contributed by atoms with Gasteiger partial charge >= 0.3 is 0 Å². The third-order valence-electron chi connectivity index (χ3n) is 6.87. The Kier molecular flexibility index (Phi) is 2.78. The van der Waals surface area contributed by atoms with Gasteiger partial charge in [0.1, 0.15) is 5.75 Å². The molecule has 24 heavy (non-hydrogen) atoms. The first-order chi connectivity index (χ1) is 11.5. The van der Waals surface area contributed by atoms with Gasteiger partial charge < -0.3 is 14.6 Å². The van der Waals surface area contributed by atoms with Crippen molar-refractivity contribution in [2.45, 2.75) is 38.2 Å². The SMILES string of the molecule is COc1ccc(N2C(=O)[C@@H]3[C@H]4C[C@H]5[C@H](O[C@]2(C(C)C)[C@H]53)[C@@H]4O)cc1. The molecule has 5 nitrogen and oxygen atoms in total. The quantitative estimate of drug-likeness (QED) is 0.922. The van der Waals surface area contributed by atoms with Crippen LogP contribution in [-0.4, -0.2) is 36.1 Å². The van der Waals surface area contributed by atoms with E-state index in [9.17, 15) is 9.90 Å². The molecule has 2 aliphatic heterocycles. The van der Waals surface area contributed by atoms with Crippen molar-refractivity contribution in [3.63, 3.8) is 0 Å². The van der Waals surface area contributed by atoms with Crippen LogP contribution in [0, 0.1) is 29.6 Å². The minimum absolute atomic E-state index is 0.0568. The second-order valence-electron chi connectivity index (χ2n) is 7.97. The van der Waals surface area contributed by atoms with Crippen molar-refractivity contribution in [3.05, 3.63) is 24.3 Å². The minimum Gasteiger partial charge on any atom is -0.497 e. The van der Waals surface area contributed by atoms with Crippen molar-refractivity contribution in [2.24, 2.45) is 29.6 Å². The van der Waals surface area contributed by atoms with Gasteiger partial charge in [-0.25, -0.2) is 0 Å². The summed E-state index contributed by atoms with van der Waals surface area (Å²) in [5.74, 6) is 1.51. The van der Waals surface area contributed by atoms with Crippen LogP contribution in [0.1, 0.15) is 20.3 Å². The summed E-state index contributed by atoms with van der Waals surface area (Å²) < 4.78 is 11.7. The normalized spacial score (nSPS) is 44.9. The van der Waals surface area contributed by atoms with Crippen LogP contribution in [0.25, 0.3) is 0 Å². The second kappa shape index (κ2) is 4.52. The van der Waals surface area contributed by atoms with Crippen LogP contribution in [0.2, 0.25) is 0 Å². The summed E-state index contributed by atoms with van der Waals surface area (Å²) in [6, 6.07) is 7.63. The summed E-state index contributed by atoms with van der Waals surface area (Å²) in [7, 11) is 1.63. The number of ether oxygens (including phenoxy) is 2. The number of rotatable bonds is 3. The number of methoxy groups -OCH3 is 1. The molecule has 2 aliphatic carbocycles. The molecule has 0 spiro atoms. The van der Waals surface area contributed by atoms with Crippen LogP contribution in [0.3, 0.4) is 0 Å². The summed E-state index contributed by atoms with van der Waals surface area (Å²) in [5.41, 5.74) is 0.233. The maximum atomic E-state index is 13.3. The number of anilines is 1. The summed E-state index contributed by atoms with van der Waals surface area (Å²) in [4.78, 5) is 15.2. The largest absolute Gasteiger partial charge is 0.497 e. The average molecular weight is 329 g/mol. The molecule has 2 heterocycles. The van der Waals surface area contributed by atoms with E-state index in [0.717, 1.165) is 17.9 Å². The molecule has 1 amide bonds. The Balaban J connectivity index is 1.65. The van der Waals surface area contributed by atoms with E-state index in [0.29, 0.717) is 5.92 Å². The van der Waals surface area contributed by atoms with Crippen LogP contribution in [0.4, 0.5) is 5.69 Å². The predicted octanol–water partition coefficient (Wildman–Crippen LogP) is 2.04. The lowest BCUT2D eigenvalue weighted by molar-refractivity contribution is -0.136. The molecule has 0 unspecified atom stereocenters. The molecular weight excluding hydrogens is 306 g/mol. The van der Waals surface area contributed by atoms with Crippen LogP contribution < -0.4 is 9.64 Å². The van der Waals surface area contributed by atoms with Gasteiger partial charge in [-0.2, -0.15) is 0 Å². The number of hydrogen-bond acceptors (Lipinski definition) is 4. The third kappa shape index (κ3) is 1.43. The van der Waals surface area contributed by atoms with Gasteiger partial charge in [0.2, 0.25) is 5.91 Å². The van der Waals surface area contributed by atoms with Gasteiger partial charge in [-0.05, 0) is 42.5 Å². The van der Waals surface area contributed by atoms with Gasteiger partial charge in [0.15, 0.2) is 5.72 Å². The van der Waals surface area contributed by atoms with E-state index in [4.69, 9.17) is 9.47 Å². The zero-order chi connectivity index (χ0) is 16.8. The monoisotopic (exact) mass is 329 g/mol. The molecule has 1 aromatic rings. The molecule has 4 fully saturated rings. The smallest absolute Gasteiger partial charge is 0.233 e. The summed E-state index contributed by atoms with van der Waals surface area (Å²) in [6.45, 7) is 4.24. The van der Waals surface area contributed by atoms with E-state index >= 15 is 0 Å². The number of aliphatic hydroxyl groups excluding tert-OH is 1. The molecule has 4 aliphatic rings. The first kappa shape index (κ1) is 14.7. The van der Waals surface area contributed by atoms with Crippen molar-refractivity contribution in [1.29, 1.82) is 0 Å². The Morgan fingerprint density at radius 2 is 2.00 bits per heavy atom. The van der Waals surface area contributed by atoms with Crippen LogP contribution in [0.5, 0.6) is 5.75 Å². The first-order valence-electron chi connectivity index (χ1n) is 8.84. The fourth-order valence-corrected chi connectivity index (χ4v) is 6.04. The molecule has 0 radical (unpaired) electrons. The van der Waals surface area contributed by atoms with Gasteiger partial charge in [-0.3, -0.25) is 9.69 Å². The van der Waals surface area contributed by atoms with Crippen molar-refractivity contribution < 1.29 is 19.4 Å². The summed E-state index contributed by atoms with van der Waals surface area (Å²) >= 11 is 0. The lowest BCUT2D eigenvalue weighted by Crippen LogP contribution is -2.54. The molecule has 5 heteroatoms. The summed E-state index contributed by atoms with van der Waals surface area (Å²) in [5, 5.41) is 10.6. The highest BCUT2D eigenvalue weighted by Gasteiger charge is 2.79. The number of fused-ring (bicyclic) bond motifs is 2. The van der Waals surface area contributed by atoms with Crippen molar-refractivity contribution in [3.8, 4) is 5.75 Å². The number of hydrogen-bond donors (Lipinski definition) is 1. The molecule has 2 saturated carbocycles. The Labute approximate surface area is 141 Å². The maximum Gasteiger partial charge on any atom is 0.233 e. The Bertz CT molecular complexity index is 702. The van der Waals surface area contributed by atoms with E-state index in [2.05, 4.69) is 13.8 Å². The van der Waals surface area contributed by atoms with Gasteiger partial charge in [0, 0.05) is 17.5 Å². The zero-order valence-electron chi connectivity index (χ0n) is 14.2. The number of carbonyl (C=O) groups excluding carboxylic acids is 1. The van der Waals surface area contributed by atoms with Crippen molar-refractivity contribution in [1.82, 2.24) is 0 Å². The van der Waals surface area contributed by atoms with E-state index in [1.165, 1.54) is 0 Å². The predicted molar refractivity (Wildman–Crippen MR) is 87.5 cm³/mol. The number of benzene rings is 1. The summed E-state index contributed by atoms with van der Waals surface area (Å²) in [6.07, 6.45) is 0.323. The number of nitrogens with zero attached hydrogens (tertiary/aromatic N) is 1. The average Bonchev–Trinajstić information content (AvgIpc) is 3.23. The molecular formula is C19H23NO4. The fraction of sp³-hybridized carbons (Fsp3) is 0.632. The Morgan fingerprint density at radius 3 is 2.62 bits per heavy atom. The second-order valence-corrected chi connectivity index (χ2v) is 7.97. The highest BCUT2D eigenvalue weighted by Crippen LogP contribution is 2.69. The van der Waals surface area contributed by atoms with Gasteiger partial charge in [0.25, 0.3) is 0 Å². The molecule has 1 aromatic carbocycles. The molecule has 5 rings (SSSR count). The van der Waals surface area contributed by atoms with Crippen LogP contribution in [-0.2, 0) is 9.53 Å². The number of aliphatic hydroxyl groups is 1. The standard InChI is InChI=1S/C19H23NO4/c1-9(2)19-15-13-8-12(16(21)17(13)24-19)14(15)18(22)20(19)10-4-6-11(23-3)7-5-10/h4-7,9,12-17,21H,8H2,1-3H3/t12-,13-,14-,15-,16-,17+,19-/m1/s1. The van der Waals surface area contributed by atoms with Crippen molar-refractivity contribution >= 4 is 11.6 Å². The fourth-order valence-electron chi connectivity index (χ4n) is 6.04. The molecule has 2 saturated heterocycles. The lowest BCUT2D eigenvalue weighted by Gasteiger charge is -2.42. The lowest BCUT2D eigenvalue weighted by atomic mass is 9.74. The van der Waals surface area contributed by atoms with Gasteiger partial charge in [-0.1, -0.05) is 13.8 Å². The minimum atomic E-state index is -0.627. The maximum absolute atomic E-state index is 13.3. The zero-order valence-corrected chi connectivity index (χ0v) is 14.2. The molecule has 128 valence electrons. The molecule has 2 bridgehead atoms. The Morgan fingerprint density at radius 1 is 1.29 bits per heavy atom. The van der Waals surface area contributed by atoms with Gasteiger partial charge in [0.05, 0.1) is 25.2 Å². The molecule has 7 atom stereocenters. The van der Waals surface area contributed by atoms with Crippen LogP contribution >= 0.6 is 0 Å². The highest BCUT2D eigenvalue weighted by molar-refractivity contribution is 6.00. The molecule has 1 N–H and O–H groups in total. The number of amides is 1. The number of carbonyl (C=O) groups is 1. The van der Waals surface area contributed by atoms with E-state index in [1.54, 1.807) is 7.11 Å².